The van der Waals surface area contributed by atoms with Crippen molar-refractivity contribution in [3.8, 4) is 12.1 Å². The van der Waals surface area contributed by atoms with E-state index in [9.17, 15) is 0 Å². The maximum absolute atomic E-state index is 9.06. The van der Waals surface area contributed by atoms with E-state index < -0.39 is 16.5 Å². The smallest absolute Gasteiger partial charge is 0.145 e. The van der Waals surface area contributed by atoms with Crippen molar-refractivity contribution in [3.05, 3.63) is 11.4 Å². The van der Waals surface area contributed by atoms with Crippen LogP contribution in [0, 0.1) is 22.7 Å². The Morgan fingerprint density at radius 1 is 0.750 bits per heavy atom. The van der Waals surface area contributed by atoms with Crippen molar-refractivity contribution >= 4 is 16.5 Å². The van der Waals surface area contributed by atoms with Gasteiger partial charge in [0.1, 0.15) is 40.0 Å². The van der Waals surface area contributed by atoms with Crippen LogP contribution >= 0.6 is 0 Å². The van der Waals surface area contributed by atoms with Crippen LogP contribution in [0.25, 0.3) is 0 Å². The molecular weight excluding hydrogens is 232 g/mol. The third-order valence-corrected chi connectivity index (χ3v) is 3.47. The van der Waals surface area contributed by atoms with Crippen LogP contribution < -0.4 is 9.96 Å². The summed E-state index contributed by atoms with van der Waals surface area (Å²) < 4.78 is 0. The first-order chi connectivity index (χ1) is 7.09. The third kappa shape index (κ3) is 6.28. The molecule has 0 spiro atoms. The number of rotatable bonds is 4. The first-order valence-electron chi connectivity index (χ1n) is 5.20. The zero-order valence-electron chi connectivity index (χ0n) is 10.9. The van der Waals surface area contributed by atoms with E-state index in [1.165, 1.54) is 0 Å². The maximum atomic E-state index is 9.06. The van der Waals surface area contributed by atoms with Gasteiger partial charge in [-0.05, 0) is 0 Å². The quantitative estimate of drug-likeness (QED) is 0.594. The SMILES string of the molecule is C[Si](C)(C)NC(C#N)=C(C#N)N[Si](C)(C)C. The number of hydrogen-bond donors (Lipinski definition) is 2. The van der Waals surface area contributed by atoms with E-state index in [-0.39, 0.29) is 0 Å². The van der Waals surface area contributed by atoms with Gasteiger partial charge in [-0.25, -0.2) is 0 Å². The summed E-state index contributed by atoms with van der Waals surface area (Å²) in [6.07, 6.45) is 0. The molecule has 0 atom stereocenters. The zero-order chi connectivity index (χ0) is 13.0. The molecule has 0 unspecified atom stereocenters. The van der Waals surface area contributed by atoms with Gasteiger partial charge in [-0.3, -0.25) is 0 Å². The predicted octanol–water partition coefficient (Wildman–Crippen LogP) is 2.09. The zero-order valence-corrected chi connectivity index (χ0v) is 12.9. The van der Waals surface area contributed by atoms with Gasteiger partial charge in [0.05, 0.1) is 0 Å². The second-order valence-corrected chi connectivity index (χ2v) is 15.2. The van der Waals surface area contributed by atoms with Gasteiger partial charge in [0.15, 0.2) is 0 Å². The number of hydrogen-bond acceptors (Lipinski definition) is 4. The Morgan fingerprint density at radius 2 is 1.00 bits per heavy atom. The van der Waals surface area contributed by atoms with E-state index in [1.54, 1.807) is 0 Å². The molecule has 6 heteroatoms. The van der Waals surface area contributed by atoms with Gasteiger partial charge in [0, 0.05) is 0 Å². The standard InChI is InChI=1S/C10H20N4Si2/c1-15(2,3)13-9(7-11)10(8-12)14-16(4,5)6/h13-14H,1-6H3. The van der Waals surface area contributed by atoms with Crippen LogP contribution in [0.5, 0.6) is 0 Å². The Kier molecular flexibility index (Phi) is 4.79. The van der Waals surface area contributed by atoms with E-state index in [0.29, 0.717) is 11.4 Å². The molecule has 0 saturated carbocycles. The fourth-order valence-corrected chi connectivity index (χ4v) is 2.90. The molecule has 0 fully saturated rings. The molecule has 16 heavy (non-hydrogen) atoms. The van der Waals surface area contributed by atoms with Gasteiger partial charge in [-0.15, -0.1) is 0 Å². The molecule has 0 amide bonds. The predicted molar refractivity (Wildman–Crippen MR) is 71.2 cm³/mol. The molecule has 88 valence electrons. The number of nitrogens with one attached hydrogen (secondary N) is 2. The molecule has 0 aromatic rings. The fraction of sp³-hybridized carbons (Fsp3) is 0.600. The minimum absolute atomic E-state index is 0.379. The van der Waals surface area contributed by atoms with E-state index in [1.807, 2.05) is 0 Å². The molecule has 0 saturated heterocycles. The van der Waals surface area contributed by atoms with Crippen molar-refractivity contribution in [2.75, 3.05) is 0 Å². The normalized spacial score (nSPS) is 13.2. The van der Waals surface area contributed by atoms with Crippen LogP contribution in [0.15, 0.2) is 11.4 Å². The van der Waals surface area contributed by atoms with E-state index >= 15 is 0 Å². The van der Waals surface area contributed by atoms with Crippen molar-refractivity contribution < 1.29 is 0 Å². The van der Waals surface area contributed by atoms with Gasteiger partial charge >= 0.3 is 0 Å². The Morgan fingerprint density at radius 3 is 1.12 bits per heavy atom. The van der Waals surface area contributed by atoms with Crippen LogP contribution in [0.3, 0.4) is 0 Å². The average molecular weight is 252 g/mol. The minimum Gasteiger partial charge on any atom is -0.400 e. The summed E-state index contributed by atoms with van der Waals surface area (Å²) in [6.45, 7) is 12.5. The van der Waals surface area contributed by atoms with Crippen LogP contribution in [0.1, 0.15) is 0 Å². The van der Waals surface area contributed by atoms with Gasteiger partial charge in [0.2, 0.25) is 0 Å². The lowest BCUT2D eigenvalue weighted by atomic mass is 10.4. The summed E-state index contributed by atoms with van der Waals surface area (Å²) >= 11 is 0. The number of nitriles is 2. The topological polar surface area (TPSA) is 71.6 Å². The van der Waals surface area contributed by atoms with Crippen molar-refractivity contribution in [1.29, 1.82) is 10.5 Å². The van der Waals surface area contributed by atoms with Crippen molar-refractivity contribution in [1.82, 2.24) is 9.96 Å². The Labute approximate surface area is 100 Å². The monoisotopic (exact) mass is 252 g/mol. The molecule has 0 aromatic carbocycles. The molecule has 4 nitrogen and oxygen atoms in total. The second kappa shape index (κ2) is 5.19. The molecule has 0 aliphatic heterocycles. The lowest BCUT2D eigenvalue weighted by Gasteiger charge is -2.23. The van der Waals surface area contributed by atoms with E-state index in [0.717, 1.165) is 0 Å². The Hall–Kier alpha value is -1.25. The maximum Gasteiger partial charge on any atom is 0.145 e. The highest BCUT2D eigenvalue weighted by atomic mass is 28.3. The Bertz CT molecular complexity index is 324. The summed E-state index contributed by atoms with van der Waals surface area (Å²) in [5.74, 6) is 0. The van der Waals surface area contributed by atoms with Gasteiger partial charge < -0.3 is 9.96 Å². The molecule has 0 aliphatic rings. The van der Waals surface area contributed by atoms with Crippen molar-refractivity contribution in [3.63, 3.8) is 0 Å². The molecular formula is C10H20N4Si2. The molecule has 0 aromatic heterocycles. The molecule has 0 heterocycles. The molecule has 0 rings (SSSR count). The lowest BCUT2D eigenvalue weighted by Crippen LogP contribution is -2.45. The van der Waals surface area contributed by atoms with Crippen molar-refractivity contribution in [2.45, 2.75) is 39.3 Å². The summed E-state index contributed by atoms with van der Waals surface area (Å²) in [4.78, 5) is 6.35. The summed E-state index contributed by atoms with van der Waals surface area (Å²) in [5.41, 5.74) is 0.758. The van der Waals surface area contributed by atoms with Gasteiger partial charge in [-0.2, -0.15) is 10.5 Å². The van der Waals surface area contributed by atoms with Crippen LogP contribution in [-0.4, -0.2) is 16.5 Å². The molecule has 2 N–H and O–H groups in total. The number of nitrogens with zero attached hydrogens (tertiary/aromatic N) is 2. The minimum atomic E-state index is -1.60. The fourth-order valence-electron chi connectivity index (χ4n) is 1.04. The highest BCUT2D eigenvalue weighted by Gasteiger charge is 2.21. The highest BCUT2D eigenvalue weighted by Crippen LogP contribution is 2.06. The first-order valence-corrected chi connectivity index (χ1v) is 12.2. The highest BCUT2D eigenvalue weighted by molar-refractivity contribution is 6.74. The summed E-state index contributed by atoms with van der Waals surface area (Å²) in [7, 11) is -3.20. The number of allylic oxidation sites excluding steroid dienone is 2. The second-order valence-electron chi connectivity index (χ2n) is 5.72. The largest absolute Gasteiger partial charge is 0.400 e. The van der Waals surface area contributed by atoms with Crippen LogP contribution in [-0.2, 0) is 0 Å². The van der Waals surface area contributed by atoms with E-state index in [4.69, 9.17) is 10.5 Å². The van der Waals surface area contributed by atoms with Crippen LogP contribution in [0.2, 0.25) is 39.3 Å². The van der Waals surface area contributed by atoms with Gasteiger partial charge in [-0.1, -0.05) is 39.3 Å². The Balaban J connectivity index is 5.13. The van der Waals surface area contributed by atoms with Crippen LogP contribution in [0.4, 0.5) is 0 Å². The van der Waals surface area contributed by atoms with E-state index in [2.05, 4.69) is 61.4 Å². The lowest BCUT2D eigenvalue weighted by molar-refractivity contribution is 1.06. The van der Waals surface area contributed by atoms with Gasteiger partial charge in [0.25, 0.3) is 0 Å². The summed E-state index contributed by atoms with van der Waals surface area (Å²) in [5, 5.41) is 18.1. The summed E-state index contributed by atoms with van der Waals surface area (Å²) in [6, 6.07) is 4.15. The van der Waals surface area contributed by atoms with Crippen molar-refractivity contribution in [2.24, 2.45) is 0 Å². The first kappa shape index (κ1) is 14.8. The molecule has 0 bridgehead atoms. The average Bonchev–Trinajstić information content (AvgIpc) is 2.07. The molecule has 0 aliphatic carbocycles. The molecule has 0 radical (unpaired) electrons. The third-order valence-electron chi connectivity index (χ3n) is 1.47.